The summed E-state index contributed by atoms with van der Waals surface area (Å²) in [6.45, 7) is 0. The number of anilines is 1. The molecule has 3 aromatic rings. The predicted molar refractivity (Wildman–Crippen MR) is 68.4 cm³/mol. The van der Waals surface area contributed by atoms with Crippen LogP contribution in [-0.2, 0) is 7.05 Å². The number of nitrogens with two attached hydrogens (primary N) is 1. The van der Waals surface area contributed by atoms with Crippen LogP contribution in [0.25, 0.3) is 22.6 Å². The molecule has 0 amide bonds. The van der Waals surface area contributed by atoms with Gasteiger partial charge in [-0.1, -0.05) is 12.1 Å². The van der Waals surface area contributed by atoms with Crippen LogP contribution in [0.5, 0.6) is 0 Å². The summed E-state index contributed by atoms with van der Waals surface area (Å²) in [6, 6.07) is 11.7. The van der Waals surface area contributed by atoms with E-state index in [-0.39, 0.29) is 0 Å². The molecule has 0 aliphatic heterocycles. The molecule has 0 radical (unpaired) electrons. The Balaban J connectivity index is 2.24. The average Bonchev–Trinajstić information content (AvgIpc) is 2.69. The zero-order valence-electron chi connectivity index (χ0n) is 9.46. The van der Waals surface area contributed by atoms with Crippen LogP contribution in [0.15, 0.2) is 42.6 Å². The number of nitrogen functional groups attached to an aromatic ring is 1. The van der Waals surface area contributed by atoms with Crippen molar-refractivity contribution in [2.24, 2.45) is 7.05 Å². The lowest BCUT2D eigenvalue weighted by Crippen LogP contribution is -1.95. The van der Waals surface area contributed by atoms with E-state index in [0.29, 0.717) is 5.69 Å². The summed E-state index contributed by atoms with van der Waals surface area (Å²) < 4.78 is 2.04. The molecule has 2 heterocycles. The second kappa shape index (κ2) is 3.59. The fourth-order valence-corrected chi connectivity index (χ4v) is 1.91. The van der Waals surface area contributed by atoms with Crippen LogP contribution in [0.1, 0.15) is 0 Å². The minimum absolute atomic E-state index is 0.660. The first kappa shape index (κ1) is 9.84. The van der Waals surface area contributed by atoms with Crippen molar-refractivity contribution in [1.82, 2.24) is 14.5 Å². The molecule has 0 saturated heterocycles. The number of pyridine rings is 1. The molecule has 4 heteroatoms. The normalized spacial score (nSPS) is 10.9. The Labute approximate surface area is 98.7 Å². The van der Waals surface area contributed by atoms with E-state index in [1.54, 1.807) is 6.20 Å². The maximum atomic E-state index is 5.63. The van der Waals surface area contributed by atoms with Crippen molar-refractivity contribution in [3.63, 3.8) is 0 Å². The number of nitrogens with zero attached hydrogens (tertiary/aromatic N) is 3. The summed E-state index contributed by atoms with van der Waals surface area (Å²) >= 11 is 0. The van der Waals surface area contributed by atoms with Crippen LogP contribution in [0.4, 0.5) is 5.69 Å². The fraction of sp³-hybridized carbons (Fsp3) is 0.0769. The number of rotatable bonds is 1. The van der Waals surface area contributed by atoms with Gasteiger partial charge in [-0.15, -0.1) is 0 Å². The van der Waals surface area contributed by atoms with Crippen LogP contribution < -0.4 is 5.73 Å². The molecule has 2 N–H and O–H groups in total. The van der Waals surface area contributed by atoms with Crippen molar-refractivity contribution in [1.29, 1.82) is 0 Å². The highest BCUT2D eigenvalue weighted by molar-refractivity contribution is 5.79. The standard InChI is InChI=1S/C13H12N4/c1-17-12-5-3-2-4-10(12)16-13(17)11-7-6-9(14)8-15-11/h2-8H,14H2,1H3. The van der Waals surface area contributed by atoms with E-state index in [4.69, 9.17) is 5.73 Å². The van der Waals surface area contributed by atoms with Gasteiger partial charge in [0, 0.05) is 7.05 Å². The smallest absolute Gasteiger partial charge is 0.159 e. The molecule has 17 heavy (non-hydrogen) atoms. The van der Waals surface area contributed by atoms with Gasteiger partial charge in [0.1, 0.15) is 5.69 Å². The topological polar surface area (TPSA) is 56.7 Å². The van der Waals surface area contributed by atoms with E-state index >= 15 is 0 Å². The number of aryl methyl sites for hydroxylation is 1. The van der Waals surface area contributed by atoms with Crippen molar-refractivity contribution >= 4 is 16.7 Å². The molecule has 1 aromatic carbocycles. The Kier molecular flexibility index (Phi) is 2.08. The first-order chi connectivity index (χ1) is 8.25. The predicted octanol–water partition coefficient (Wildman–Crippen LogP) is 2.22. The lowest BCUT2D eigenvalue weighted by atomic mass is 10.3. The van der Waals surface area contributed by atoms with Crippen LogP contribution in [-0.4, -0.2) is 14.5 Å². The summed E-state index contributed by atoms with van der Waals surface area (Å²) in [5, 5.41) is 0. The number of para-hydroxylation sites is 2. The summed E-state index contributed by atoms with van der Waals surface area (Å²) in [5.74, 6) is 0.853. The molecule has 0 spiro atoms. The highest BCUT2D eigenvalue weighted by atomic mass is 15.1. The van der Waals surface area contributed by atoms with E-state index in [1.807, 2.05) is 48.0 Å². The molecule has 0 saturated carbocycles. The van der Waals surface area contributed by atoms with E-state index in [1.165, 1.54) is 0 Å². The lowest BCUT2D eigenvalue weighted by Gasteiger charge is -2.01. The van der Waals surface area contributed by atoms with Gasteiger partial charge in [-0.2, -0.15) is 0 Å². The molecule has 0 bridgehead atoms. The summed E-state index contributed by atoms with van der Waals surface area (Å²) in [6.07, 6.45) is 1.65. The first-order valence-corrected chi connectivity index (χ1v) is 5.39. The van der Waals surface area contributed by atoms with Gasteiger partial charge in [0.2, 0.25) is 0 Å². The Bertz CT molecular complexity index is 667. The second-order valence-electron chi connectivity index (χ2n) is 3.96. The Morgan fingerprint density at radius 3 is 2.65 bits per heavy atom. The molecule has 2 aromatic heterocycles. The first-order valence-electron chi connectivity index (χ1n) is 5.39. The van der Waals surface area contributed by atoms with Crippen LogP contribution in [0.2, 0.25) is 0 Å². The number of aromatic nitrogens is 3. The van der Waals surface area contributed by atoms with Crippen LogP contribution in [0, 0.1) is 0 Å². The maximum absolute atomic E-state index is 5.63. The fourth-order valence-electron chi connectivity index (χ4n) is 1.91. The van der Waals surface area contributed by atoms with Gasteiger partial charge < -0.3 is 10.3 Å². The van der Waals surface area contributed by atoms with E-state index in [0.717, 1.165) is 22.6 Å². The highest BCUT2D eigenvalue weighted by Gasteiger charge is 2.09. The third-order valence-corrected chi connectivity index (χ3v) is 2.80. The number of benzene rings is 1. The van der Waals surface area contributed by atoms with Gasteiger partial charge in [-0.3, -0.25) is 4.98 Å². The van der Waals surface area contributed by atoms with Gasteiger partial charge in [-0.05, 0) is 24.3 Å². The van der Waals surface area contributed by atoms with Crippen molar-refractivity contribution in [2.75, 3.05) is 5.73 Å². The lowest BCUT2D eigenvalue weighted by molar-refractivity contribution is 0.950. The molecule has 0 atom stereocenters. The van der Waals surface area contributed by atoms with Crippen molar-refractivity contribution < 1.29 is 0 Å². The van der Waals surface area contributed by atoms with Crippen molar-refractivity contribution in [3.05, 3.63) is 42.6 Å². The second-order valence-corrected chi connectivity index (χ2v) is 3.96. The zero-order valence-corrected chi connectivity index (χ0v) is 9.46. The molecule has 0 aliphatic carbocycles. The zero-order chi connectivity index (χ0) is 11.8. The SMILES string of the molecule is Cn1c(-c2ccc(N)cn2)nc2ccccc21. The van der Waals surface area contributed by atoms with Crippen LogP contribution in [0.3, 0.4) is 0 Å². The summed E-state index contributed by atoms with van der Waals surface area (Å²) in [5.41, 5.74) is 9.19. The molecule has 0 fully saturated rings. The maximum Gasteiger partial charge on any atom is 0.159 e. The summed E-state index contributed by atoms with van der Waals surface area (Å²) in [4.78, 5) is 8.87. The Morgan fingerprint density at radius 1 is 1.12 bits per heavy atom. The Morgan fingerprint density at radius 2 is 1.94 bits per heavy atom. The number of hydrogen-bond donors (Lipinski definition) is 1. The summed E-state index contributed by atoms with van der Waals surface area (Å²) in [7, 11) is 1.99. The average molecular weight is 224 g/mol. The molecular formula is C13H12N4. The molecule has 84 valence electrons. The Hall–Kier alpha value is -2.36. The van der Waals surface area contributed by atoms with Crippen LogP contribution >= 0.6 is 0 Å². The molecule has 3 rings (SSSR count). The molecule has 4 nitrogen and oxygen atoms in total. The highest BCUT2D eigenvalue weighted by Crippen LogP contribution is 2.22. The van der Waals surface area contributed by atoms with Gasteiger partial charge in [0.25, 0.3) is 0 Å². The van der Waals surface area contributed by atoms with E-state index in [2.05, 4.69) is 9.97 Å². The third kappa shape index (κ3) is 1.54. The minimum atomic E-state index is 0.660. The van der Waals surface area contributed by atoms with Crippen molar-refractivity contribution in [3.8, 4) is 11.5 Å². The minimum Gasteiger partial charge on any atom is -0.397 e. The molecule has 0 aliphatic rings. The van der Waals surface area contributed by atoms with E-state index in [9.17, 15) is 0 Å². The number of fused-ring (bicyclic) bond motifs is 1. The number of hydrogen-bond acceptors (Lipinski definition) is 3. The third-order valence-electron chi connectivity index (χ3n) is 2.80. The molecular weight excluding hydrogens is 212 g/mol. The van der Waals surface area contributed by atoms with Gasteiger partial charge in [-0.25, -0.2) is 4.98 Å². The number of imidazole rings is 1. The van der Waals surface area contributed by atoms with Crippen molar-refractivity contribution in [2.45, 2.75) is 0 Å². The van der Waals surface area contributed by atoms with E-state index < -0.39 is 0 Å². The van der Waals surface area contributed by atoms with Gasteiger partial charge in [0.15, 0.2) is 5.82 Å². The largest absolute Gasteiger partial charge is 0.397 e. The van der Waals surface area contributed by atoms with Gasteiger partial charge >= 0.3 is 0 Å². The van der Waals surface area contributed by atoms with Gasteiger partial charge in [0.05, 0.1) is 22.9 Å². The molecule has 0 unspecified atom stereocenters. The monoisotopic (exact) mass is 224 g/mol. The quantitative estimate of drug-likeness (QED) is 0.689.